The summed E-state index contributed by atoms with van der Waals surface area (Å²) < 4.78 is 10.0. The lowest BCUT2D eigenvalue weighted by Gasteiger charge is -2.16. The summed E-state index contributed by atoms with van der Waals surface area (Å²) in [4.78, 5) is 11.1. The van der Waals surface area contributed by atoms with Crippen molar-refractivity contribution in [3.8, 4) is 0 Å². The number of ether oxygens (including phenoxy) is 2. The fourth-order valence-electron chi connectivity index (χ4n) is 2.13. The number of carbonyl (C=O) groups is 1. The van der Waals surface area contributed by atoms with Gasteiger partial charge in [-0.2, -0.15) is 0 Å². The van der Waals surface area contributed by atoms with Crippen LogP contribution in [0.5, 0.6) is 0 Å². The number of carbonyl (C=O) groups excluding carboxylic acids is 1. The van der Waals surface area contributed by atoms with Crippen LogP contribution in [0.25, 0.3) is 0 Å². The highest BCUT2D eigenvalue weighted by molar-refractivity contribution is 5.69. The molecule has 0 spiro atoms. The number of hydrogen-bond acceptors (Lipinski definition) is 5. The van der Waals surface area contributed by atoms with Gasteiger partial charge >= 0.3 is 5.97 Å². The lowest BCUT2D eigenvalue weighted by Crippen LogP contribution is -2.35. The quantitative estimate of drug-likeness (QED) is 0.638. The van der Waals surface area contributed by atoms with E-state index < -0.39 is 6.10 Å². The molecule has 1 saturated carbocycles. The van der Waals surface area contributed by atoms with Crippen molar-refractivity contribution in [2.24, 2.45) is 0 Å². The lowest BCUT2D eigenvalue weighted by molar-refractivity contribution is -0.145. The molecule has 0 radical (unpaired) electrons. The number of aliphatic hydroxyl groups is 1. The van der Waals surface area contributed by atoms with Gasteiger partial charge in [-0.25, -0.2) is 0 Å². The molecule has 1 fully saturated rings. The zero-order chi connectivity index (χ0) is 12.7. The highest BCUT2D eigenvalue weighted by atomic mass is 16.5. The summed E-state index contributed by atoms with van der Waals surface area (Å²) in [5.41, 5.74) is 0. The van der Waals surface area contributed by atoms with Crippen LogP contribution in [0.2, 0.25) is 0 Å². The molecule has 5 nitrogen and oxygen atoms in total. The van der Waals surface area contributed by atoms with Crippen LogP contribution in [0.15, 0.2) is 0 Å². The predicted molar refractivity (Wildman–Crippen MR) is 63.7 cm³/mol. The lowest BCUT2D eigenvalue weighted by atomic mass is 10.2. The Labute approximate surface area is 102 Å². The number of rotatable bonds is 7. The molecule has 1 rings (SSSR count). The van der Waals surface area contributed by atoms with Crippen LogP contribution in [0, 0.1) is 0 Å². The largest absolute Gasteiger partial charge is 0.466 e. The fourth-order valence-corrected chi connectivity index (χ4v) is 2.13. The zero-order valence-corrected chi connectivity index (χ0v) is 10.6. The van der Waals surface area contributed by atoms with Crippen LogP contribution < -0.4 is 5.32 Å². The number of hydrogen-bond donors (Lipinski definition) is 2. The fraction of sp³-hybridized carbons (Fsp3) is 0.917. The van der Waals surface area contributed by atoms with Crippen molar-refractivity contribution in [3.63, 3.8) is 0 Å². The average molecular weight is 245 g/mol. The van der Waals surface area contributed by atoms with E-state index in [1.807, 2.05) is 0 Å². The van der Waals surface area contributed by atoms with Crippen LogP contribution in [0.3, 0.4) is 0 Å². The molecule has 0 aromatic carbocycles. The second-order valence-electron chi connectivity index (χ2n) is 4.44. The molecule has 100 valence electrons. The van der Waals surface area contributed by atoms with Crippen molar-refractivity contribution in [2.45, 2.75) is 50.9 Å². The smallest absolute Gasteiger partial charge is 0.308 e. The van der Waals surface area contributed by atoms with E-state index in [4.69, 9.17) is 9.47 Å². The molecule has 0 bridgehead atoms. The van der Waals surface area contributed by atoms with E-state index in [0.29, 0.717) is 25.3 Å². The van der Waals surface area contributed by atoms with Crippen molar-refractivity contribution in [3.05, 3.63) is 0 Å². The Bertz CT molecular complexity index is 235. The minimum absolute atomic E-state index is 0.0568. The van der Waals surface area contributed by atoms with Gasteiger partial charge in [-0.3, -0.25) is 4.79 Å². The van der Waals surface area contributed by atoms with Crippen molar-refractivity contribution < 1.29 is 19.4 Å². The SMILES string of the molecule is CCOC(=O)CC(O)CNC1CCC(OC)C1. The Hall–Kier alpha value is -0.650. The molecular formula is C12H23NO4. The summed E-state index contributed by atoms with van der Waals surface area (Å²) in [5, 5.41) is 12.9. The van der Waals surface area contributed by atoms with Gasteiger partial charge in [-0.05, 0) is 26.2 Å². The van der Waals surface area contributed by atoms with Gasteiger partial charge < -0.3 is 19.9 Å². The van der Waals surface area contributed by atoms with Gasteiger partial charge in [0.2, 0.25) is 0 Å². The Morgan fingerprint density at radius 3 is 2.88 bits per heavy atom. The third-order valence-corrected chi connectivity index (χ3v) is 3.07. The van der Waals surface area contributed by atoms with Crippen molar-refractivity contribution in [1.29, 1.82) is 0 Å². The summed E-state index contributed by atoms with van der Waals surface area (Å²) in [6.45, 7) is 2.54. The molecule has 0 saturated heterocycles. The van der Waals surface area contributed by atoms with E-state index in [1.165, 1.54) is 0 Å². The van der Waals surface area contributed by atoms with E-state index >= 15 is 0 Å². The van der Waals surface area contributed by atoms with E-state index in [-0.39, 0.29) is 12.4 Å². The second kappa shape index (κ2) is 7.63. The molecule has 0 heterocycles. The van der Waals surface area contributed by atoms with Crippen molar-refractivity contribution >= 4 is 5.97 Å². The van der Waals surface area contributed by atoms with Crippen LogP contribution >= 0.6 is 0 Å². The molecule has 1 aliphatic rings. The number of esters is 1. The summed E-state index contributed by atoms with van der Waals surface area (Å²) in [6, 6.07) is 0.386. The Kier molecular flexibility index (Phi) is 6.47. The summed E-state index contributed by atoms with van der Waals surface area (Å²) in [6.07, 6.45) is 2.81. The number of methoxy groups -OCH3 is 1. The Balaban J connectivity index is 2.11. The zero-order valence-electron chi connectivity index (χ0n) is 10.6. The van der Waals surface area contributed by atoms with Crippen LogP contribution in [-0.2, 0) is 14.3 Å². The molecule has 5 heteroatoms. The number of aliphatic hydroxyl groups excluding tert-OH is 1. The maximum absolute atomic E-state index is 11.1. The van der Waals surface area contributed by atoms with E-state index in [2.05, 4.69) is 5.32 Å². The van der Waals surface area contributed by atoms with Gasteiger partial charge in [-0.1, -0.05) is 0 Å². The van der Waals surface area contributed by atoms with Crippen molar-refractivity contribution in [1.82, 2.24) is 5.32 Å². The second-order valence-corrected chi connectivity index (χ2v) is 4.44. The van der Waals surface area contributed by atoms with Gasteiger partial charge in [0.15, 0.2) is 0 Å². The van der Waals surface area contributed by atoms with Gasteiger partial charge in [0.05, 0.1) is 25.2 Å². The van der Waals surface area contributed by atoms with Gasteiger partial charge in [0, 0.05) is 19.7 Å². The monoisotopic (exact) mass is 245 g/mol. The van der Waals surface area contributed by atoms with Gasteiger partial charge in [0.1, 0.15) is 0 Å². The third-order valence-electron chi connectivity index (χ3n) is 3.07. The molecule has 0 aromatic rings. The molecule has 0 aromatic heterocycles. The summed E-state index contributed by atoms with van der Waals surface area (Å²) >= 11 is 0. The molecule has 1 aliphatic carbocycles. The minimum atomic E-state index is -0.671. The summed E-state index contributed by atoms with van der Waals surface area (Å²) in [5.74, 6) is -0.344. The van der Waals surface area contributed by atoms with E-state index in [0.717, 1.165) is 19.3 Å². The highest BCUT2D eigenvalue weighted by Gasteiger charge is 2.24. The Morgan fingerprint density at radius 2 is 2.29 bits per heavy atom. The van der Waals surface area contributed by atoms with E-state index in [1.54, 1.807) is 14.0 Å². The van der Waals surface area contributed by atoms with Gasteiger partial charge in [-0.15, -0.1) is 0 Å². The first-order valence-corrected chi connectivity index (χ1v) is 6.25. The number of nitrogens with one attached hydrogen (secondary N) is 1. The first-order chi connectivity index (χ1) is 8.15. The molecule has 0 aliphatic heterocycles. The topological polar surface area (TPSA) is 67.8 Å². The first kappa shape index (κ1) is 14.4. The third kappa shape index (κ3) is 5.48. The molecule has 2 N–H and O–H groups in total. The molecular weight excluding hydrogens is 222 g/mol. The van der Waals surface area contributed by atoms with E-state index in [9.17, 15) is 9.90 Å². The molecule has 0 amide bonds. The average Bonchev–Trinajstić information content (AvgIpc) is 2.74. The van der Waals surface area contributed by atoms with Crippen LogP contribution in [-0.4, -0.2) is 49.6 Å². The maximum atomic E-state index is 11.1. The van der Waals surface area contributed by atoms with Crippen molar-refractivity contribution in [2.75, 3.05) is 20.3 Å². The van der Waals surface area contributed by atoms with Crippen LogP contribution in [0.1, 0.15) is 32.6 Å². The first-order valence-electron chi connectivity index (χ1n) is 6.25. The summed E-state index contributed by atoms with van der Waals surface area (Å²) in [7, 11) is 1.72. The maximum Gasteiger partial charge on any atom is 0.308 e. The molecule has 3 atom stereocenters. The minimum Gasteiger partial charge on any atom is -0.466 e. The van der Waals surface area contributed by atoms with Crippen LogP contribution in [0.4, 0.5) is 0 Å². The normalized spacial score (nSPS) is 25.8. The predicted octanol–water partition coefficient (Wildman–Crippen LogP) is 0.458. The van der Waals surface area contributed by atoms with Gasteiger partial charge in [0.25, 0.3) is 0 Å². The Morgan fingerprint density at radius 1 is 1.53 bits per heavy atom. The standard InChI is InChI=1S/C12H23NO4/c1-3-17-12(15)7-10(14)8-13-9-4-5-11(6-9)16-2/h9-11,13-14H,3-8H2,1-2H3. The molecule has 17 heavy (non-hydrogen) atoms. The molecule has 3 unspecified atom stereocenters. The highest BCUT2D eigenvalue weighted by Crippen LogP contribution is 2.21.